The average Bonchev–Trinajstić information content (AvgIpc) is 2.76. The Balaban J connectivity index is 1.86. The number of fused-ring (bicyclic) bond motifs is 1. The zero-order valence-electron chi connectivity index (χ0n) is 9.61. The van der Waals surface area contributed by atoms with Crippen LogP contribution in [0.2, 0.25) is 0 Å². The van der Waals surface area contributed by atoms with Gasteiger partial charge >= 0.3 is 0 Å². The molecule has 0 bridgehead atoms. The summed E-state index contributed by atoms with van der Waals surface area (Å²) in [6.07, 6.45) is 3.68. The molecule has 3 rings (SSSR count). The summed E-state index contributed by atoms with van der Waals surface area (Å²) in [6.45, 7) is 0. The summed E-state index contributed by atoms with van der Waals surface area (Å²) in [7, 11) is 0. The summed E-state index contributed by atoms with van der Waals surface area (Å²) in [4.78, 5) is 4.23. The third-order valence-corrected chi connectivity index (χ3v) is 3.14. The number of nitrogen functional groups attached to an aromatic ring is 1. The van der Waals surface area contributed by atoms with E-state index >= 15 is 0 Å². The molecule has 0 amide bonds. The van der Waals surface area contributed by atoms with Gasteiger partial charge in [-0.25, -0.2) is 4.98 Å². The second-order valence-electron chi connectivity index (χ2n) is 4.41. The summed E-state index contributed by atoms with van der Waals surface area (Å²) in [5.74, 6) is 1.33. The van der Waals surface area contributed by atoms with Gasteiger partial charge in [-0.15, -0.1) is 0 Å². The van der Waals surface area contributed by atoms with E-state index in [-0.39, 0.29) is 0 Å². The minimum absolute atomic E-state index is 0.538. The highest BCUT2D eigenvalue weighted by Gasteiger charge is 2.10. The van der Waals surface area contributed by atoms with Crippen molar-refractivity contribution in [3.8, 4) is 0 Å². The van der Waals surface area contributed by atoms with Gasteiger partial charge in [0, 0.05) is 5.69 Å². The summed E-state index contributed by atoms with van der Waals surface area (Å²) in [5.41, 5.74) is 9.68. The van der Waals surface area contributed by atoms with E-state index in [1.165, 1.54) is 30.4 Å². The van der Waals surface area contributed by atoms with Crippen LogP contribution in [0.4, 0.5) is 17.3 Å². The fourth-order valence-corrected chi connectivity index (χ4v) is 2.32. The van der Waals surface area contributed by atoms with Crippen LogP contribution in [0.3, 0.4) is 0 Å². The molecule has 0 aliphatic heterocycles. The first-order valence-corrected chi connectivity index (χ1v) is 5.93. The van der Waals surface area contributed by atoms with Crippen molar-refractivity contribution < 1.29 is 0 Å². The number of rotatable bonds is 2. The van der Waals surface area contributed by atoms with Gasteiger partial charge in [0.15, 0.2) is 0 Å². The average molecular weight is 225 g/mol. The van der Waals surface area contributed by atoms with Gasteiger partial charge in [-0.2, -0.15) is 0 Å². The highest BCUT2D eigenvalue weighted by molar-refractivity contribution is 5.59. The Morgan fingerprint density at radius 3 is 2.82 bits per heavy atom. The van der Waals surface area contributed by atoms with Gasteiger partial charge in [0.2, 0.25) is 0 Å². The maximum absolute atomic E-state index is 5.65. The van der Waals surface area contributed by atoms with Crippen LogP contribution in [0, 0.1) is 0 Å². The Kier molecular flexibility index (Phi) is 2.44. The van der Waals surface area contributed by atoms with Gasteiger partial charge in [-0.1, -0.05) is 12.1 Å². The lowest BCUT2D eigenvalue weighted by molar-refractivity contribution is 0.912. The van der Waals surface area contributed by atoms with Crippen LogP contribution < -0.4 is 11.1 Å². The number of nitrogens with one attached hydrogen (secondary N) is 1. The van der Waals surface area contributed by atoms with Gasteiger partial charge < -0.3 is 11.1 Å². The Bertz CT molecular complexity index is 549. The van der Waals surface area contributed by atoms with Crippen molar-refractivity contribution in [1.82, 2.24) is 4.98 Å². The van der Waals surface area contributed by atoms with Crippen molar-refractivity contribution in [3.63, 3.8) is 0 Å². The van der Waals surface area contributed by atoms with Gasteiger partial charge in [0.1, 0.15) is 11.6 Å². The molecule has 0 spiro atoms. The molecule has 0 unspecified atom stereocenters. The largest absolute Gasteiger partial charge is 0.384 e. The van der Waals surface area contributed by atoms with E-state index in [0.29, 0.717) is 5.82 Å². The van der Waals surface area contributed by atoms with E-state index in [4.69, 9.17) is 5.73 Å². The summed E-state index contributed by atoms with van der Waals surface area (Å²) < 4.78 is 0. The molecule has 0 saturated heterocycles. The predicted molar refractivity (Wildman–Crippen MR) is 70.4 cm³/mol. The monoisotopic (exact) mass is 225 g/mol. The van der Waals surface area contributed by atoms with Crippen molar-refractivity contribution >= 4 is 17.3 Å². The molecule has 1 aliphatic rings. The first kappa shape index (κ1) is 10.1. The number of hydrogen-bond donors (Lipinski definition) is 2. The lowest BCUT2D eigenvalue weighted by Gasteiger charge is -2.08. The third-order valence-electron chi connectivity index (χ3n) is 3.14. The predicted octanol–water partition coefficient (Wildman–Crippen LogP) is 2.90. The van der Waals surface area contributed by atoms with Crippen LogP contribution in [-0.2, 0) is 12.8 Å². The molecule has 3 heteroatoms. The molecule has 1 heterocycles. The number of pyridine rings is 1. The molecular formula is C14H15N3. The molecule has 1 aromatic heterocycles. The Morgan fingerprint density at radius 2 is 1.94 bits per heavy atom. The van der Waals surface area contributed by atoms with E-state index in [2.05, 4.69) is 28.5 Å². The van der Waals surface area contributed by atoms with Crippen LogP contribution in [-0.4, -0.2) is 4.98 Å². The Labute approximate surface area is 101 Å². The highest BCUT2D eigenvalue weighted by atomic mass is 15.0. The van der Waals surface area contributed by atoms with Crippen molar-refractivity contribution in [2.24, 2.45) is 0 Å². The molecule has 86 valence electrons. The van der Waals surface area contributed by atoms with E-state index < -0.39 is 0 Å². The van der Waals surface area contributed by atoms with Gasteiger partial charge in [0.25, 0.3) is 0 Å². The van der Waals surface area contributed by atoms with E-state index in [1.54, 1.807) is 6.07 Å². The van der Waals surface area contributed by atoms with Crippen LogP contribution in [0.1, 0.15) is 17.5 Å². The fourth-order valence-electron chi connectivity index (χ4n) is 2.32. The Hall–Kier alpha value is -2.03. The van der Waals surface area contributed by atoms with Gasteiger partial charge in [-0.05, 0) is 54.7 Å². The molecular weight excluding hydrogens is 210 g/mol. The number of aromatic nitrogens is 1. The summed E-state index contributed by atoms with van der Waals surface area (Å²) in [5, 5.41) is 3.28. The zero-order chi connectivity index (χ0) is 11.7. The maximum Gasteiger partial charge on any atom is 0.132 e. The number of benzene rings is 1. The first-order chi connectivity index (χ1) is 8.31. The molecule has 1 aliphatic carbocycles. The maximum atomic E-state index is 5.65. The van der Waals surface area contributed by atoms with Crippen molar-refractivity contribution in [3.05, 3.63) is 47.5 Å². The fraction of sp³-hybridized carbons (Fsp3) is 0.214. The number of nitrogens with zero attached hydrogens (tertiary/aromatic N) is 1. The molecule has 0 fully saturated rings. The highest BCUT2D eigenvalue weighted by Crippen LogP contribution is 2.26. The lowest BCUT2D eigenvalue weighted by Crippen LogP contribution is -1.97. The molecule has 0 radical (unpaired) electrons. The van der Waals surface area contributed by atoms with Crippen LogP contribution in [0.25, 0.3) is 0 Å². The standard InChI is InChI=1S/C14H15N3/c15-13-5-2-6-14(17-13)16-12-8-7-10-3-1-4-11(10)9-12/h2,5-9H,1,3-4H2,(H3,15,16,17). The number of aryl methyl sites for hydroxylation is 2. The smallest absolute Gasteiger partial charge is 0.132 e. The van der Waals surface area contributed by atoms with E-state index in [1.807, 2.05) is 12.1 Å². The normalized spacial score (nSPS) is 13.4. The van der Waals surface area contributed by atoms with Crippen molar-refractivity contribution in [1.29, 1.82) is 0 Å². The minimum Gasteiger partial charge on any atom is -0.384 e. The molecule has 1 aromatic carbocycles. The second kappa shape index (κ2) is 4.09. The number of nitrogens with two attached hydrogens (primary N) is 1. The molecule has 2 aromatic rings. The molecule has 3 nitrogen and oxygen atoms in total. The number of hydrogen-bond acceptors (Lipinski definition) is 3. The quantitative estimate of drug-likeness (QED) is 0.826. The van der Waals surface area contributed by atoms with E-state index in [9.17, 15) is 0 Å². The van der Waals surface area contributed by atoms with Crippen molar-refractivity contribution in [2.45, 2.75) is 19.3 Å². The van der Waals surface area contributed by atoms with E-state index in [0.717, 1.165) is 11.5 Å². The van der Waals surface area contributed by atoms with Crippen LogP contribution >= 0.6 is 0 Å². The summed E-state index contributed by atoms with van der Waals surface area (Å²) >= 11 is 0. The van der Waals surface area contributed by atoms with Crippen LogP contribution in [0.15, 0.2) is 36.4 Å². The zero-order valence-corrected chi connectivity index (χ0v) is 9.61. The lowest BCUT2D eigenvalue weighted by atomic mass is 10.1. The van der Waals surface area contributed by atoms with Gasteiger partial charge in [-0.3, -0.25) is 0 Å². The van der Waals surface area contributed by atoms with Crippen molar-refractivity contribution in [2.75, 3.05) is 11.1 Å². The van der Waals surface area contributed by atoms with Crippen LogP contribution in [0.5, 0.6) is 0 Å². The molecule has 0 saturated carbocycles. The SMILES string of the molecule is Nc1cccc(Nc2ccc3c(c2)CCC3)n1. The molecule has 3 N–H and O–H groups in total. The van der Waals surface area contributed by atoms with Gasteiger partial charge in [0.05, 0.1) is 0 Å². The minimum atomic E-state index is 0.538. The number of anilines is 3. The molecule has 17 heavy (non-hydrogen) atoms. The third kappa shape index (κ3) is 2.09. The Morgan fingerprint density at radius 1 is 1.06 bits per heavy atom. The molecule has 0 atom stereocenters. The topological polar surface area (TPSA) is 50.9 Å². The summed E-state index contributed by atoms with van der Waals surface area (Å²) in [6, 6.07) is 12.1. The first-order valence-electron chi connectivity index (χ1n) is 5.93. The second-order valence-corrected chi connectivity index (χ2v) is 4.41.